The van der Waals surface area contributed by atoms with Crippen molar-refractivity contribution in [2.45, 2.75) is 6.92 Å². The smallest absolute Gasteiger partial charge is 0.259 e. The third-order valence-corrected chi connectivity index (χ3v) is 4.78. The Kier molecular flexibility index (Phi) is 4.87. The molecular formula is C24H19NO4. The largest absolute Gasteiger partial charge is 0.495 e. The van der Waals surface area contributed by atoms with E-state index in [2.05, 4.69) is 5.32 Å². The minimum atomic E-state index is -0.383. The minimum Gasteiger partial charge on any atom is -0.495 e. The number of hydrogen-bond acceptors (Lipinski definition) is 4. The second-order valence-corrected chi connectivity index (χ2v) is 6.59. The number of carbonyl (C=O) groups is 1. The van der Waals surface area contributed by atoms with Crippen LogP contribution in [-0.2, 0) is 0 Å². The van der Waals surface area contributed by atoms with Crippen molar-refractivity contribution in [2.24, 2.45) is 0 Å². The Balaban J connectivity index is 1.86. The third-order valence-electron chi connectivity index (χ3n) is 4.78. The van der Waals surface area contributed by atoms with Crippen molar-refractivity contribution in [3.8, 4) is 17.1 Å². The second-order valence-electron chi connectivity index (χ2n) is 6.59. The molecule has 0 bridgehead atoms. The molecule has 5 heteroatoms. The molecule has 1 heterocycles. The number of benzene rings is 3. The maximum Gasteiger partial charge on any atom is 0.259 e. The lowest BCUT2D eigenvalue weighted by molar-refractivity contribution is 0.102. The Hall–Kier alpha value is -3.86. The van der Waals surface area contributed by atoms with Gasteiger partial charge in [-0.2, -0.15) is 0 Å². The molecule has 0 aliphatic heterocycles. The molecular weight excluding hydrogens is 366 g/mol. The van der Waals surface area contributed by atoms with Crippen LogP contribution < -0.4 is 15.5 Å². The van der Waals surface area contributed by atoms with E-state index in [1.807, 2.05) is 36.4 Å². The van der Waals surface area contributed by atoms with Crippen molar-refractivity contribution in [3.63, 3.8) is 0 Å². The Bertz CT molecular complexity index is 1260. The van der Waals surface area contributed by atoms with E-state index in [1.54, 1.807) is 43.3 Å². The third kappa shape index (κ3) is 3.38. The number of nitrogens with one attached hydrogen (secondary N) is 1. The first-order valence-electron chi connectivity index (χ1n) is 9.16. The van der Waals surface area contributed by atoms with Gasteiger partial charge in [-0.25, -0.2) is 0 Å². The van der Waals surface area contributed by atoms with Gasteiger partial charge >= 0.3 is 0 Å². The SMILES string of the molecule is COc1ccccc1NC(=O)c1cccc2c(=O)c(C)c(-c3ccccc3)oc12. The highest BCUT2D eigenvalue weighted by molar-refractivity contribution is 6.12. The summed E-state index contributed by atoms with van der Waals surface area (Å²) in [6, 6.07) is 21.5. The maximum absolute atomic E-state index is 13.0. The Morgan fingerprint density at radius 2 is 1.66 bits per heavy atom. The fraction of sp³-hybridized carbons (Fsp3) is 0.0833. The molecule has 0 fully saturated rings. The molecule has 1 aromatic heterocycles. The molecule has 0 unspecified atom stereocenters. The van der Waals surface area contributed by atoms with Crippen LogP contribution in [0.1, 0.15) is 15.9 Å². The molecule has 4 aromatic rings. The van der Waals surface area contributed by atoms with E-state index in [9.17, 15) is 9.59 Å². The average molecular weight is 385 g/mol. The number of amides is 1. The quantitative estimate of drug-likeness (QED) is 0.535. The molecule has 1 N–H and O–H groups in total. The van der Waals surface area contributed by atoms with Gasteiger partial charge in [0.25, 0.3) is 5.91 Å². The summed E-state index contributed by atoms with van der Waals surface area (Å²) in [7, 11) is 1.54. The van der Waals surface area contributed by atoms with Gasteiger partial charge in [0.15, 0.2) is 11.0 Å². The first kappa shape index (κ1) is 18.5. The van der Waals surface area contributed by atoms with Crippen LogP contribution in [0.15, 0.2) is 82.0 Å². The second kappa shape index (κ2) is 7.64. The zero-order valence-corrected chi connectivity index (χ0v) is 16.1. The Morgan fingerprint density at radius 3 is 2.41 bits per heavy atom. The van der Waals surface area contributed by atoms with Crippen molar-refractivity contribution in [1.82, 2.24) is 0 Å². The number of para-hydroxylation sites is 3. The van der Waals surface area contributed by atoms with E-state index in [0.29, 0.717) is 28.1 Å². The van der Waals surface area contributed by atoms with Crippen LogP contribution >= 0.6 is 0 Å². The normalized spacial score (nSPS) is 10.7. The predicted octanol–water partition coefficient (Wildman–Crippen LogP) is 5.03. The van der Waals surface area contributed by atoms with E-state index in [0.717, 1.165) is 5.56 Å². The number of anilines is 1. The van der Waals surface area contributed by atoms with Gasteiger partial charge in [0.2, 0.25) is 0 Å². The van der Waals surface area contributed by atoms with Crippen molar-refractivity contribution >= 4 is 22.6 Å². The van der Waals surface area contributed by atoms with Crippen molar-refractivity contribution in [1.29, 1.82) is 0 Å². The molecule has 0 radical (unpaired) electrons. The summed E-state index contributed by atoms with van der Waals surface area (Å²) < 4.78 is 11.4. The van der Waals surface area contributed by atoms with E-state index in [1.165, 1.54) is 7.11 Å². The van der Waals surface area contributed by atoms with Gasteiger partial charge in [-0.1, -0.05) is 48.5 Å². The number of rotatable bonds is 4. The lowest BCUT2D eigenvalue weighted by Gasteiger charge is -2.12. The summed E-state index contributed by atoms with van der Waals surface area (Å²) in [4.78, 5) is 26.0. The molecule has 144 valence electrons. The van der Waals surface area contributed by atoms with Gasteiger partial charge in [0.05, 0.1) is 23.7 Å². The molecule has 0 saturated carbocycles. The summed E-state index contributed by atoms with van der Waals surface area (Å²) in [6.45, 7) is 1.73. The fourth-order valence-electron chi connectivity index (χ4n) is 3.29. The van der Waals surface area contributed by atoms with Crippen LogP contribution in [0.4, 0.5) is 5.69 Å². The average Bonchev–Trinajstić information content (AvgIpc) is 2.76. The zero-order chi connectivity index (χ0) is 20.4. The van der Waals surface area contributed by atoms with Crippen molar-refractivity contribution < 1.29 is 13.9 Å². The predicted molar refractivity (Wildman–Crippen MR) is 114 cm³/mol. The van der Waals surface area contributed by atoms with E-state index < -0.39 is 0 Å². The molecule has 0 spiro atoms. The van der Waals surface area contributed by atoms with E-state index >= 15 is 0 Å². The molecule has 29 heavy (non-hydrogen) atoms. The zero-order valence-electron chi connectivity index (χ0n) is 16.1. The van der Waals surface area contributed by atoms with E-state index in [4.69, 9.17) is 9.15 Å². The summed E-state index contributed by atoms with van der Waals surface area (Å²) in [5, 5.41) is 3.21. The van der Waals surface area contributed by atoms with Gasteiger partial charge in [-0.3, -0.25) is 9.59 Å². The van der Waals surface area contributed by atoms with Gasteiger partial charge < -0.3 is 14.5 Å². The number of carbonyl (C=O) groups excluding carboxylic acids is 1. The van der Waals surface area contributed by atoms with Crippen LogP contribution in [0.25, 0.3) is 22.3 Å². The van der Waals surface area contributed by atoms with Crippen LogP contribution in [0, 0.1) is 6.92 Å². The number of ether oxygens (including phenoxy) is 1. The highest BCUT2D eigenvalue weighted by Gasteiger charge is 2.19. The first-order chi connectivity index (χ1) is 14.1. The summed E-state index contributed by atoms with van der Waals surface area (Å²) >= 11 is 0. The van der Waals surface area contributed by atoms with Gasteiger partial charge in [0, 0.05) is 11.1 Å². The summed E-state index contributed by atoms with van der Waals surface area (Å²) in [6.07, 6.45) is 0. The summed E-state index contributed by atoms with van der Waals surface area (Å²) in [5.74, 6) is 0.620. The molecule has 0 aliphatic carbocycles. The maximum atomic E-state index is 13.0. The van der Waals surface area contributed by atoms with Gasteiger partial charge in [-0.05, 0) is 31.2 Å². The molecule has 0 saturated heterocycles. The molecule has 1 amide bonds. The van der Waals surface area contributed by atoms with Gasteiger partial charge in [-0.15, -0.1) is 0 Å². The fourth-order valence-corrected chi connectivity index (χ4v) is 3.29. The Labute approximate surface area is 167 Å². The highest BCUT2D eigenvalue weighted by atomic mass is 16.5. The standard InChI is InChI=1S/C24H19NO4/c1-15-21(26)17-11-8-12-18(23(17)29-22(15)16-9-4-3-5-10-16)24(27)25-19-13-6-7-14-20(19)28-2/h3-14H,1-2H3,(H,25,27). The molecule has 0 aliphatic rings. The number of fused-ring (bicyclic) bond motifs is 1. The van der Waals surface area contributed by atoms with Gasteiger partial charge in [0.1, 0.15) is 11.5 Å². The first-order valence-corrected chi connectivity index (χ1v) is 9.16. The molecule has 3 aromatic carbocycles. The number of hydrogen-bond donors (Lipinski definition) is 1. The number of methoxy groups -OCH3 is 1. The lowest BCUT2D eigenvalue weighted by Crippen LogP contribution is -2.15. The molecule has 4 rings (SSSR count). The Morgan fingerprint density at radius 1 is 0.931 bits per heavy atom. The van der Waals surface area contributed by atoms with Crippen molar-refractivity contribution in [2.75, 3.05) is 12.4 Å². The monoisotopic (exact) mass is 385 g/mol. The lowest BCUT2D eigenvalue weighted by atomic mass is 10.0. The van der Waals surface area contributed by atoms with Crippen LogP contribution in [0.3, 0.4) is 0 Å². The van der Waals surface area contributed by atoms with Crippen LogP contribution in [0.2, 0.25) is 0 Å². The highest BCUT2D eigenvalue weighted by Crippen LogP contribution is 2.29. The summed E-state index contributed by atoms with van der Waals surface area (Å²) in [5.41, 5.74) is 2.21. The van der Waals surface area contributed by atoms with Crippen LogP contribution in [0.5, 0.6) is 5.75 Å². The minimum absolute atomic E-state index is 0.156. The van der Waals surface area contributed by atoms with Crippen molar-refractivity contribution in [3.05, 3.63) is 94.1 Å². The van der Waals surface area contributed by atoms with Crippen LogP contribution in [-0.4, -0.2) is 13.0 Å². The topological polar surface area (TPSA) is 68.5 Å². The molecule has 0 atom stereocenters. The van der Waals surface area contributed by atoms with E-state index in [-0.39, 0.29) is 22.5 Å². The molecule has 5 nitrogen and oxygen atoms in total.